The van der Waals surface area contributed by atoms with Gasteiger partial charge in [-0.05, 0) is 30.3 Å². The van der Waals surface area contributed by atoms with E-state index < -0.39 is 0 Å². The summed E-state index contributed by atoms with van der Waals surface area (Å²) in [6.07, 6.45) is 0.325. The highest BCUT2D eigenvalue weighted by Gasteiger charge is 2.18. The van der Waals surface area contributed by atoms with Crippen molar-refractivity contribution in [2.24, 2.45) is 0 Å². The van der Waals surface area contributed by atoms with Gasteiger partial charge >= 0.3 is 0 Å². The Morgan fingerprint density at radius 3 is 2.64 bits per heavy atom. The van der Waals surface area contributed by atoms with Crippen LogP contribution >= 0.6 is 27.7 Å². The molecule has 5 rings (SSSR count). The van der Waals surface area contributed by atoms with Crippen molar-refractivity contribution < 1.29 is 14.3 Å². The van der Waals surface area contributed by atoms with Crippen LogP contribution in [0.25, 0.3) is 17.1 Å². The Morgan fingerprint density at radius 2 is 1.79 bits per heavy atom. The number of hydrogen-bond acceptors (Lipinski definition) is 6. The van der Waals surface area contributed by atoms with Gasteiger partial charge in [0.2, 0.25) is 12.7 Å². The molecular weight excluding hydrogens is 504 g/mol. The van der Waals surface area contributed by atoms with Gasteiger partial charge in [-0.3, -0.25) is 9.36 Å². The number of amides is 1. The molecule has 4 aromatic rings. The van der Waals surface area contributed by atoms with Crippen LogP contribution in [-0.4, -0.2) is 33.2 Å². The number of nitrogens with one attached hydrogen (secondary N) is 1. The highest BCUT2D eigenvalue weighted by molar-refractivity contribution is 9.10. The lowest BCUT2D eigenvalue weighted by Gasteiger charge is -2.11. The second-order valence-corrected chi connectivity index (χ2v) is 9.09. The average molecular weight is 523 g/mol. The Kier molecular flexibility index (Phi) is 6.32. The number of para-hydroxylation sites is 1. The van der Waals surface area contributed by atoms with Crippen LogP contribution in [0.1, 0.15) is 6.42 Å². The molecule has 0 spiro atoms. The van der Waals surface area contributed by atoms with Crippen molar-refractivity contribution in [1.82, 2.24) is 14.8 Å². The summed E-state index contributed by atoms with van der Waals surface area (Å²) >= 11 is 5.10. The van der Waals surface area contributed by atoms with Crippen LogP contribution in [0.4, 0.5) is 5.69 Å². The molecule has 9 heteroatoms. The van der Waals surface area contributed by atoms with Crippen molar-refractivity contribution in [3.63, 3.8) is 0 Å². The number of carbonyl (C=O) groups is 1. The summed E-state index contributed by atoms with van der Waals surface area (Å²) in [4.78, 5) is 12.5. The minimum Gasteiger partial charge on any atom is -0.454 e. The molecule has 0 atom stereocenters. The second kappa shape index (κ2) is 9.68. The predicted molar refractivity (Wildman–Crippen MR) is 131 cm³/mol. The lowest BCUT2D eigenvalue weighted by atomic mass is 10.2. The number of ether oxygens (including phenoxy) is 2. The monoisotopic (exact) mass is 522 g/mol. The number of halogens is 1. The molecule has 0 fully saturated rings. The van der Waals surface area contributed by atoms with E-state index in [1.165, 1.54) is 11.8 Å². The summed E-state index contributed by atoms with van der Waals surface area (Å²) in [6.45, 7) is 0.201. The van der Waals surface area contributed by atoms with Gasteiger partial charge in [-0.1, -0.05) is 64.1 Å². The number of anilines is 1. The van der Waals surface area contributed by atoms with Gasteiger partial charge in [0.1, 0.15) is 0 Å². The maximum absolute atomic E-state index is 12.5. The van der Waals surface area contributed by atoms with E-state index in [9.17, 15) is 4.79 Å². The molecule has 0 unspecified atom stereocenters. The SMILES string of the molecule is O=C(CCSc1nnc(-c2ccccc2Br)n1-c1ccccc1)Nc1ccc2c(c1)OCO2. The molecule has 0 saturated carbocycles. The molecule has 3 aromatic carbocycles. The minimum absolute atomic E-state index is 0.0850. The van der Waals surface area contributed by atoms with Crippen molar-refractivity contribution >= 4 is 39.3 Å². The van der Waals surface area contributed by atoms with E-state index in [1.807, 2.05) is 59.2 Å². The number of carbonyl (C=O) groups excluding carboxylic acids is 1. The smallest absolute Gasteiger partial charge is 0.231 e. The van der Waals surface area contributed by atoms with Crippen LogP contribution < -0.4 is 14.8 Å². The zero-order valence-electron chi connectivity index (χ0n) is 17.4. The standard InChI is InChI=1S/C24H19BrN4O3S/c25-19-9-5-4-8-18(19)23-27-28-24(29(23)17-6-2-1-3-7-17)33-13-12-22(30)26-16-10-11-20-21(14-16)32-15-31-20/h1-11,14H,12-13,15H2,(H,26,30). The summed E-state index contributed by atoms with van der Waals surface area (Å²) in [7, 11) is 0. The molecular formula is C24H19BrN4O3S. The van der Waals surface area contributed by atoms with E-state index in [4.69, 9.17) is 9.47 Å². The van der Waals surface area contributed by atoms with E-state index in [2.05, 4.69) is 31.4 Å². The summed E-state index contributed by atoms with van der Waals surface area (Å²) in [6, 6.07) is 23.2. The van der Waals surface area contributed by atoms with Gasteiger partial charge in [-0.2, -0.15) is 0 Å². The molecule has 7 nitrogen and oxygen atoms in total. The Balaban J connectivity index is 1.30. The van der Waals surface area contributed by atoms with Gasteiger partial charge in [0.25, 0.3) is 0 Å². The minimum atomic E-state index is -0.0850. The van der Waals surface area contributed by atoms with E-state index >= 15 is 0 Å². The topological polar surface area (TPSA) is 78.3 Å². The zero-order valence-corrected chi connectivity index (χ0v) is 19.8. The molecule has 0 bridgehead atoms. The van der Waals surface area contributed by atoms with Crippen molar-refractivity contribution in [3.8, 4) is 28.6 Å². The fraction of sp³-hybridized carbons (Fsp3) is 0.125. The molecule has 0 saturated heterocycles. The average Bonchev–Trinajstić information content (AvgIpc) is 3.47. The quantitative estimate of drug-likeness (QED) is 0.320. The van der Waals surface area contributed by atoms with E-state index in [-0.39, 0.29) is 12.7 Å². The molecule has 166 valence electrons. The molecule has 2 heterocycles. The van der Waals surface area contributed by atoms with Gasteiger partial charge in [0, 0.05) is 39.7 Å². The van der Waals surface area contributed by atoms with Gasteiger partial charge < -0.3 is 14.8 Å². The molecule has 33 heavy (non-hydrogen) atoms. The third-order valence-electron chi connectivity index (χ3n) is 4.98. The third-order valence-corrected chi connectivity index (χ3v) is 6.60. The Labute approximate surface area is 203 Å². The second-order valence-electron chi connectivity index (χ2n) is 7.17. The number of aromatic nitrogens is 3. The van der Waals surface area contributed by atoms with Crippen LogP contribution in [0, 0.1) is 0 Å². The predicted octanol–water partition coefficient (Wildman–Crippen LogP) is 5.55. The van der Waals surface area contributed by atoms with Crippen molar-refractivity contribution in [2.75, 3.05) is 17.9 Å². The van der Waals surface area contributed by atoms with Gasteiger partial charge in [0.05, 0.1) is 0 Å². The summed E-state index contributed by atoms with van der Waals surface area (Å²) in [5, 5.41) is 12.5. The fourth-order valence-corrected chi connectivity index (χ4v) is 4.77. The molecule has 1 aromatic heterocycles. The van der Waals surface area contributed by atoms with Crippen molar-refractivity contribution in [3.05, 3.63) is 77.3 Å². The number of thioether (sulfide) groups is 1. The van der Waals surface area contributed by atoms with Gasteiger partial charge in [0.15, 0.2) is 22.5 Å². The summed E-state index contributed by atoms with van der Waals surface area (Å²) < 4.78 is 13.6. The lowest BCUT2D eigenvalue weighted by Crippen LogP contribution is -2.12. The maximum atomic E-state index is 12.5. The number of hydrogen-bond donors (Lipinski definition) is 1. The zero-order chi connectivity index (χ0) is 22.6. The van der Waals surface area contributed by atoms with Crippen LogP contribution in [0.5, 0.6) is 11.5 Å². The first-order valence-corrected chi connectivity index (χ1v) is 12.0. The normalized spacial score (nSPS) is 12.0. The van der Waals surface area contributed by atoms with E-state index in [0.29, 0.717) is 29.4 Å². The molecule has 0 radical (unpaired) electrons. The van der Waals surface area contributed by atoms with Crippen LogP contribution in [0.3, 0.4) is 0 Å². The maximum Gasteiger partial charge on any atom is 0.231 e. The molecule has 1 amide bonds. The number of nitrogens with zero attached hydrogens (tertiary/aromatic N) is 3. The summed E-state index contributed by atoms with van der Waals surface area (Å²) in [5.41, 5.74) is 2.58. The number of fused-ring (bicyclic) bond motifs is 1. The molecule has 0 aliphatic carbocycles. The highest BCUT2D eigenvalue weighted by Crippen LogP contribution is 2.35. The van der Waals surface area contributed by atoms with Gasteiger partial charge in [-0.15, -0.1) is 10.2 Å². The van der Waals surface area contributed by atoms with E-state index in [0.717, 1.165) is 26.7 Å². The molecule has 1 aliphatic heterocycles. The Hall–Kier alpha value is -3.30. The highest BCUT2D eigenvalue weighted by atomic mass is 79.9. The molecule has 1 aliphatic rings. The largest absolute Gasteiger partial charge is 0.454 e. The van der Waals surface area contributed by atoms with E-state index in [1.54, 1.807) is 18.2 Å². The van der Waals surface area contributed by atoms with Crippen LogP contribution in [0.15, 0.2) is 82.4 Å². The number of benzene rings is 3. The van der Waals surface area contributed by atoms with Crippen molar-refractivity contribution in [1.29, 1.82) is 0 Å². The first-order chi connectivity index (χ1) is 16.2. The first-order valence-electron chi connectivity index (χ1n) is 10.3. The number of rotatable bonds is 7. The van der Waals surface area contributed by atoms with Crippen molar-refractivity contribution in [2.45, 2.75) is 11.6 Å². The van der Waals surface area contributed by atoms with Gasteiger partial charge in [-0.25, -0.2) is 0 Å². The van der Waals surface area contributed by atoms with Crippen LogP contribution in [-0.2, 0) is 4.79 Å². The van der Waals surface area contributed by atoms with Crippen LogP contribution in [0.2, 0.25) is 0 Å². The first kappa shape index (κ1) is 21.5. The summed E-state index contributed by atoms with van der Waals surface area (Å²) in [5.74, 6) is 2.53. The fourth-order valence-electron chi connectivity index (χ4n) is 3.42. The lowest BCUT2D eigenvalue weighted by molar-refractivity contribution is -0.115. The molecule has 1 N–H and O–H groups in total. The Morgan fingerprint density at radius 1 is 1.00 bits per heavy atom. The Bertz CT molecular complexity index is 1300. The third kappa shape index (κ3) is 4.74.